The van der Waals surface area contributed by atoms with Crippen LogP contribution in [-0.2, 0) is 21.5 Å². The van der Waals surface area contributed by atoms with Gasteiger partial charge in [0.2, 0.25) is 0 Å². The van der Waals surface area contributed by atoms with Gasteiger partial charge in [0.15, 0.2) is 0 Å². The summed E-state index contributed by atoms with van der Waals surface area (Å²) >= 11 is 6.41. The molecule has 4 aliphatic rings. The van der Waals surface area contributed by atoms with E-state index in [1.54, 1.807) is 6.07 Å². The molecule has 2 bridgehead atoms. The Labute approximate surface area is 262 Å². The maximum Gasteiger partial charge on any atom is 0.262 e. The molecular formula is C35H45ClN2O4S. The number of carbonyl (C=O) groups excluding carboxylic acids is 1. The molecule has 2 aromatic rings. The summed E-state index contributed by atoms with van der Waals surface area (Å²) in [6.07, 6.45) is 9.18. The number of aliphatic hydroxyl groups is 1. The molecule has 2 N–H and O–H groups in total. The number of nitrogens with zero attached hydrogens (tertiary/aromatic N) is 1. The fourth-order valence-electron chi connectivity index (χ4n) is 8.27. The molecule has 1 spiro atoms. The summed E-state index contributed by atoms with van der Waals surface area (Å²) in [5, 5.41) is 11.7. The molecule has 1 unspecified atom stereocenters. The topological polar surface area (TPSA) is 78.9 Å². The minimum atomic E-state index is -2.97. The molecule has 1 amide bonds. The molecule has 1 fully saturated rings. The number of nitrogens with one attached hydrogen (secondary N) is 1. The summed E-state index contributed by atoms with van der Waals surface area (Å²) in [4.78, 5) is 16.1. The zero-order chi connectivity index (χ0) is 30.5. The van der Waals surface area contributed by atoms with Gasteiger partial charge in [-0.05, 0) is 110 Å². The number of anilines is 1. The van der Waals surface area contributed by atoms with Crippen LogP contribution in [0.25, 0.3) is 0 Å². The van der Waals surface area contributed by atoms with Crippen molar-refractivity contribution >= 4 is 38.8 Å². The standard InChI is InChI=1S/C35H45ClN2O4S/c1-22(2)33-23(3)7-5-9-31(39)28-13-10-26(28)19-38-20-35(16-6-8-24-17-27(36)12-14-29(24)35)21-42-32-15-11-25(18-30(32)38)34(40)37-43(33,4)41/h5,9,11-12,14-15,17-18,22-23,26,28,31,33,39H,4,6-8,10,13,16,19-21H2,1-3H3,(H,37,40,41)/b9-5+/t23-,26-,28+,31-,33-,35-,43?/m0/s1. The second-order valence-electron chi connectivity index (χ2n) is 13.8. The van der Waals surface area contributed by atoms with E-state index in [1.807, 2.05) is 44.2 Å². The van der Waals surface area contributed by atoms with Crippen LogP contribution in [0.15, 0.2) is 48.6 Å². The van der Waals surface area contributed by atoms with Crippen LogP contribution in [0.2, 0.25) is 5.02 Å². The highest BCUT2D eigenvalue weighted by molar-refractivity contribution is 7.99. The third-order valence-corrected chi connectivity index (χ3v) is 13.1. The van der Waals surface area contributed by atoms with Crippen molar-refractivity contribution in [3.8, 4) is 5.75 Å². The van der Waals surface area contributed by atoms with Crippen LogP contribution in [0, 0.1) is 23.7 Å². The third kappa shape index (κ3) is 5.85. The molecule has 0 aromatic heterocycles. The number of halogens is 1. The molecular weight excluding hydrogens is 580 g/mol. The summed E-state index contributed by atoms with van der Waals surface area (Å²) < 4.78 is 23.4. The van der Waals surface area contributed by atoms with Gasteiger partial charge in [-0.1, -0.05) is 50.6 Å². The predicted molar refractivity (Wildman–Crippen MR) is 177 cm³/mol. The van der Waals surface area contributed by atoms with Crippen LogP contribution in [0.5, 0.6) is 5.75 Å². The van der Waals surface area contributed by atoms with E-state index in [9.17, 15) is 14.1 Å². The average molecular weight is 625 g/mol. The molecule has 43 heavy (non-hydrogen) atoms. The van der Waals surface area contributed by atoms with Gasteiger partial charge in [0.05, 0.1) is 33.4 Å². The monoisotopic (exact) mass is 624 g/mol. The number of ether oxygens (including phenoxy) is 1. The van der Waals surface area contributed by atoms with Crippen molar-refractivity contribution in [3.05, 3.63) is 70.3 Å². The number of aliphatic hydroxyl groups excluding tert-OH is 1. The van der Waals surface area contributed by atoms with Gasteiger partial charge >= 0.3 is 0 Å². The molecule has 6 rings (SSSR count). The molecule has 232 valence electrons. The molecule has 6 nitrogen and oxygen atoms in total. The van der Waals surface area contributed by atoms with Crippen molar-refractivity contribution in [2.24, 2.45) is 23.7 Å². The first-order chi connectivity index (χ1) is 20.5. The van der Waals surface area contributed by atoms with E-state index in [0.717, 1.165) is 61.7 Å². The first-order valence-corrected chi connectivity index (χ1v) is 18.0. The van der Waals surface area contributed by atoms with Crippen molar-refractivity contribution in [3.63, 3.8) is 0 Å². The lowest BCUT2D eigenvalue weighted by molar-refractivity contribution is 0.0455. The Morgan fingerprint density at radius 3 is 2.77 bits per heavy atom. The maximum absolute atomic E-state index is 14.0. The van der Waals surface area contributed by atoms with Gasteiger partial charge in [-0.25, -0.2) is 4.21 Å². The number of hydrogen-bond donors (Lipinski definition) is 2. The Hall–Kier alpha value is -2.48. The fraction of sp³-hybridized carbons (Fsp3) is 0.543. The number of allylic oxidation sites excluding steroid dienone is 1. The molecule has 2 aromatic carbocycles. The average Bonchev–Trinajstić information content (AvgIpc) is 3.07. The second kappa shape index (κ2) is 11.8. The number of carbonyl (C=O) groups is 1. The number of benzene rings is 2. The summed E-state index contributed by atoms with van der Waals surface area (Å²) in [6, 6.07) is 11.8. The van der Waals surface area contributed by atoms with E-state index in [1.165, 1.54) is 11.1 Å². The Morgan fingerprint density at radius 1 is 1.21 bits per heavy atom. The smallest absolute Gasteiger partial charge is 0.262 e. The zero-order valence-electron chi connectivity index (χ0n) is 25.6. The Morgan fingerprint density at radius 2 is 2.02 bits per heavy atom. The molecule has 2 aliphatic carbocycles. The van der Waals surface area contributed by atoms with Crippen molar-refractivity contribution in [2.75, 3.05) is 24.6 Å². The van der Waals surface area contributed by atoms with Crippen molar-refractivity contribution < 1.29 is 18.8 Å². The van der Waals surface area contributed by atoms with Crippen molar-refractivity contribution in [1.82, 2.24) is 4.72 Å². The van der Waals surface area contributed by atoms with Crippen LogP contribution in [0.3, 0.4) is 0 Å². The van der Waals surface area contributed by atoms with Gasteiger partial charge in [0, 0.05) is 29.1 Å². The molecule has 7 atom stereocenters. The Balaban J connectivity index is 1.43. The van der Waals surface area contributed by atoms with E-state index < -0.39 is 15.8 Å². The van der Waals surface area contributed by atoms with Crippen molar-refractivity contribution in [2.45, 2.75) is 76.1 Å². The lowest BCUT2D eigenvalue weighted by atomic mass is 9.68. The SMILES string of the molecule is C=S1(=O)NC(=O)c2ccc3c(c2)N(C[C@@H]2CC[C@H]2[C@@H](O)/C=C/C[C@H](C)[C@@H]1C(C)C)C[C@@]1(CCCc2cc(Cl)ccc21)CO3. The van der Waals surface area contributed by atoms with Crippen LogP contribution in [-0.4, -0.2) is 52.1 Å². The Kier molecular flexibility index (Phi) is 8.38. The minimum absolute atomic E-state index is 0.0132. The molecule has 2 aliphatic heterocycles. The Bertz CT molecular complexity index is 1520. The highest BCUT2D eigenvalue weighted by atomic mass is 35.5. The highest BCUT2D eigenvalue weighted by Crippen LogP contribution is 2.46. The largest absolute Gasteiger partial charge is 0.490 e. The molecule has 0 radical (unpaired) electrons. The summed E-state index contributed by atoms with van der Waals surface area (Å²) in [7, 11) is -2.97. The lowest BCUT2D eigenvalue weighted by Crippen LogP contribution is -2.49. The lowest BCUT2D eigenvalue weighted by Gasteiger charge is -2.45. The van der Waals surface area contributed by atoms with Crippen LogP contribution in [0.4, 0.5) is 5.69 Å². The van der Waals surface area contributed by atoms with E-state index >= 15 is 0 Å². The number of fused-ring (bicyclic) bond motifs is 4. The summed E-state index contributed by atoms with van der Waals surface area (Å²) in [6.45, 7) is 8.15. The van der Waals surface area contributed by atoms with Gasteiger partial charge in [-0.2, -0.15) is 0 Å². The normalized spacial score (nSPS) is 35.2. The van der Waals surface area contributed by atoms with Gasteiger partial charge < -0.3 is 14.7 Å². The van der Waals surface area contributed by atoms with E-state index in [2.05, 4.69) is 34.5 Å². The van der Waals surface area contributed by atoms with Crippen LogP contribution >= 0.6 is 11.6 Å². The van der Waals surface area contributed by atoms with Gasteiger partial charge in [-0.3, -0.25) is 9.52 Å². The van der Waals surface area contributed by atoms with Crippen LogP contribution < -0.4 is 14.4 Å². The first kappa shape index (κ1) is 30.5. The fourth-order valence-corrected chi connectivity index (χ4v) is 10.8. The summed E-state index contributed by atoms with van der Waals surface area (Å²) in [5.74, 6) is 4.98. The van der Waals surface area contributed by atoms with E-state index in [0.29, 0.717) is 24.5 Å². The number of rotatable bonds is 1. The van der Waals surface area contributed by atoms with Crippen molar-refractivity contribution in [1.29, 1.82) is 0 Å². The molecule has 0 saturated heterocycles. The van der Waals surface area contributed by atoms with Gasteiger partial charge in [-0.15, -0.1) is 0 Å². The third-order valence-electron chi connectivity index (χ3n) is 10.4. The highest BCUT2D eigenvalue weighted by Gasteiger charge is 2.44. The first-order valence-electron chi connectivity index (χ1n) is 15.8. The molecule has 1 saturated carbocycles. The predicted octanol–water partition coefficient (Wildman–Crippen LogP) is 6.18. The second-order valence-corrected chi connectivity index (χ2v) is 16.4. The zero-order valence-corrected chi connectivity index (χ0v) is 27.1. The molecule has 2 heterocycles. The number of amides is 1. The number of aryl methyl sites for hydroxylation is 1. The van der Waals surface area contributed by atoms with Gasteiger partial charge in [0.25, 0.3) is 5.91 Å². The van der Waals surface area contributed by atoms with Crippen LogP contribution in [0.1, 0.15) is 74.4 Å². The van der Waals surface area contributed by atoms with E-state index in [4.69, 9.17) is 16.3 Å². The minimum Gasteiger partial charge on any atom is -0.490 e. The number of hydrogen-bond acceptors (Lipinski definition) is 5. The maximum atomic E-state index is 14.0. The van der Waals surface area contributed by atoms with Gasteiger partial charge in [0.1, 0.15) is 5.75 Å². The summed E-state index contributed by atoms with van der Waals surface area (Å²) in [5.41, 5.74) is 3.67. The molecule has 8 heteroatoms. The quantitative estimate of drug-likeness (QED) is 0.293. The van der Waals surface area contributed by atoms with E-state index in [-0.39, 0.29) is 34.3 Å².